The Labute approximate surface area is 88.9 Å². The standard InChI is InChI=1S/C9H16ClNO3/c1-7(4-10)9(12)11-5-8-6-13-2-3-14-8/h7-8H,2-6H2,1H3,(H,11,12). The SMILES string of the molecule is CC(CCl)C(=O)NCC1COCCO1. The molecule has 1 heterocycles. The molecule has 1 aliphatic rings. The highest BCUT2D eigenvalue weighted by Crippen LogP contribution is 2.01. The van der Waals surface area contributed by atoms with Crippen molar-refractivity contribution in [1.82, 2.24) is 5.32 Å². The molecular weight excluding hydrogens is 206 g/mol. The van der Waals surface area contributed by atoms with Gasteiger partial charge < -0.3 is 14.8 Å². The van der Waals surface area contributed by atoms with Crippen LogP contribution in [0.4, 0.5) is 0 Å². The Hall–Kier alpha value is -0.320. The lowest BCUT2D eigenvalue weighted by atomic mass is 10.2. The number of hydrogen-bond donors (Lipinski definition) is 1. The topological polar surface area (TPSA) is 47.6 Å². The molecule has 0 aromatic heterocycles. The van der Waals surface area contributed by atoms with Crippen LogP contribution >= 0.6 is 11.6 Å². The molecule has 0 radical (unpaired) electrons. The predicted octanol–water partition coefficient (Wildman–Crippen LogP) is 0.393. The van der Waals surface area contributed by atoms with Crippen molar-refractivity contribution >= 4 is 17.5 Å². The molecule has 14 heavy (non-hydrogen) atoms. The molecule has 1 saturated heterocycles. The Morgan fingerprint density at radius 2 is 2.43 bits per heavy atom. The Balaban J connectivity index is 2.15. The number of carbonyl (C=O) groups excluding carboxylic acids is 1. The minimum Gasteiger partial charge on any atom is -0.376 e. The van der Waals surface area contributed by atoms with E-state index in [0.29, 0.717) is 32.2 Å². The third-order valence-electron chi connectivity index (χ3n) is 2.07. The van der Waals surface area contributed by atoms with Gasteiger partial charge in [-0.25, -0.2) is 0 Å². The Morgan fingerprint density at radius 3 is 3.00 bits per heavy atom. The number of halogens is 1. The van der Waals surface area contributed by atoms with Gasteiger partial charge in [-0.1, -0.05) is 6.92 Å². The van der Waals surface area contributed by atoms with E-state index in [1.807, 2.05) is 0 Å². The van der Waals surface area contributed by atoms with Crippen LogP contribution in [0.5, 0.6) is 0 Å². The Morgan fingerprint density at radius 1 is 1.64 bits per heavy atom. The molecule has 0 aliphatic carbocycles. The van der Waals surface area contributed by atoms with Crippen molar-refractivity contribution in [3.63, 3.8) is 0 Å². The van der Waals surface area contributed by atoms with Crippen molar-refractivity contribution in [2.75, 3.05) is 32.2 Å². The molecule has 0 aromatic rings. The zero-order valence-electron chi connectivity index (χ0n) is 8.29. The predicted molar refractivity (Wildman–Crippen MR) is 53.5 cm³/mol. The van der Waals surface area contributed by atoms with Crippen molar-refractivity contribution in [2.45, 2.75) is 13.0 Å². The summed E-state index contributed by atoms with van der Waals surface area (Å²) < 4.78 is 10.6. The fourth-order valence-electron chi connectivity index (χ4n) is 1.11. The van der Waals surface area contributed by atoms with Gasteiger partial charge in [0.25, 0.3) is 0 Å². The quantitative estimate of drug-likeness (QED) is 0.699. The monoisotopic (exact) mass is 221 g/mol. The van der Waals surface area contributed by atoms with Crippen LogP contribution in [-0.2, 0) is 14.3 Å². The third kappa shape index (κ3) is 3.82. The molecule has 5 heteroatoms. The molecule has 1 N–H and O–H groups in total. The first-order valence-corrected chi connectivity index (χ1v) is 5.30. The number of carbonyl (C=O) groups is 1. The maximum atomic E-state index is 11.3. The molecule has 0 spiro atoms. The summed E-state index contributed by atoms with van der Waals surface area (Å²) in [5, 5.41) is 2.77. The maximum Gasteiger partial charge on any atom is 0.224 e. The van der Waals surface area contributed by atoms with Gasteiger partial charge in [-0.3, -0.25) is 4.79 Å². The largest absolute Gasteiger partial charge is 0.376 e. The van der Waals surface area contributed by atoms with Crippen molar-refractivity contribution in [2.24, 2.45) is 5.92 Å². The van der Waals surface area contributed by atoms with Gasteiger partial charge in [-0.05, 0) is 0 Å². The normalized spacial score (nSPS) is 24.3. The van der Waals surface area contributed by atoms with Crippen molar-refractivity contribution < 1.29 is 14.3 Å². The average molecular weight is 222 g/mol. The van der Waals surface area contributed by atoms with Gasteiger partial charge in [-0.2, -0.15) is 0 Å². The van der Waals surface area contributed by atoms with E-state index in [2.05, 4.69) is 5.32 Å². The second-order valence-electron chi connectivity index (χ2n) is 3.37. The van der Waals surface area contributed by atoms with Gasteiger partial charge in [0, 0.05) is 18.3 Å². The van der Waals surface area contributed by atoms with Gasteiger partial charge >= 0.3 is 0 Å². The minimum atomic E-state index is -0.152. The van der Waals surface area contributed by atoms with Gasteiger partial charge in [0.1, 0.15) is 0 Å². The van der Waals surface area contributed by atoms with E-state index in [1.165, 1.54) is 0 Å². The van der Waals surface area contributed by atoms with Crippen LogP contribution in [0.3, 0.4) is 0 Å². The number of nitrogens with one attached hydrogen (secondary N) is 1. The van der Waals surface area contributed by atoms with Crippen molar-refractivity contribution in [1.29, 1.82) is 0 Å². The summed E-state index contributed by atoms with van der Waals surface area (Å²) in [6.07, 6.45) is -0.0183. The highest BCUT2D eigenvalue weighted by Gasteiger charge is 2.17. The summed E-state index contributed by atoms with van der Waals surface area (Å²) >= 11 is 5.55. The molecule has 0 aromatic carbocycles. The molecule has 82 valence electrons. The first kappa shape index (κ1) is 11.8. The Bertz CT molecular complexity index is 183. The van der Waals surface area contributed by atoms with Gasteiger partial charge in [-0.15, -0.1) is 11.6 Å². The Kier molecular flexibility index (Phi) is 5.22. The number of ether oxygens (including phenoxy) is 2. The number of hydrogen-bond acceptors (Lipinski definition) is 3. The molecule has 0 saturated carbocycles. The fraction of sp³-hybridized carbons (Fsp3) is 0.889. The van der Waals surface area contributed by atoms with E-state index in [1.54, 1.807) is 6.92 Å². The van der Waals surface area contributed by atoms with Crippen LogP contribution in [0.2, 0.25) is 0 Å². The van der Waals surface area contributed by atoms with Crippen LogP contribution in [0.1, 0.15) is 6.92 Å². The van der Waals surface area contributed by atoms with Crippen LogP contribution in [-0.4, -0.2) is 44.3 Å². The average Bonchev–Trinajstić information content (AvgIpc) is 2.26. The van der Waals surface area contributed by atoms with E-state index in [0.717, 1.165) is 0 Å². The maximum absolute atomic E-state index is 11.3. The molecule has 1 rings (SSSR count). The lowest BCUT2D eigenvalue weighted by Crippen LogP contribution is -2.41. The smallest absolute Gasteiger partial charge is 0.224 e. The summed E-state index contributed by atoms with van der Waals surface area (Å²) in [7, 11) is 0. The molecule has 1 amide bonds. The second-order valence-corrected chi connectivity index (χ2v) is 3.68. The molecule has 0 bridgehead atoms. The lowest BCUT2D eigenvalue weighted by Gasteiger charge is -2.23. The number of amides is 1. The van der Waals surface area contributed by atoms with E-state index in [4.69, 9.17) is 21.1 Å². The molecule has 1 fully saturated rings. The van der Waals surface area contributed by atoms with Gasteiger partial charge in [0.05, 0.1) is 25.9 Å². The first-order valence-electron chi connectivity index (χ1n) is 4.77. The molecule has 2 atom stereocenters. The van der Waals surface area contributed by atoms with Crippen LogP contribution in [0.25, 0.3) is 0 Å². The van der Waals surface area contributed by atoms with Crippen molar-refractivity contribution in [3.8, 4) is 0 Å². The summed E-state index contributed by atoms with van der Waals surface area (Å²) in [4.78, 5) is 11.3. The van der Waals surface area contributed by atoms with Crippen LogP contribution in [0, 0.1) is 5.92 Å². The van der Waals surface area contributed by atoms with Crippen LogP contribution in [0.15, 0.2) is 0 Å². The summed E-state index contributed by atoms with van der Waals surface area (Å²) in [6.45, 7) is 4.09. The summed E-state index contributed by atoms with van der Waals surface area (Å²) in [6, 6.07) is 0. The van der Waals surface area contributed by atoms with E-state index < -0.39 is 0 Å². The number of alkyl halides is 1. The lowest BCUT2D eigenvalue weighted by molar-refractivity contribution is -0.126. The van der Waals surface area contributed by atoms with E-state index >= 15 is 0 Å². The number of rotatable bonds is 4. The fourth-order valence-corrected chi connectivity index (χ4v) is 1.25. The molecule has 4 nitrogen and oxygen atoms in total. The first-order chi connectivity index (χ1) is 6.74. The minimum absolute atomic E-state index is 0.0183. The summed E-state index contributed by atoms with van der Waals surface area (Å²) in [5.74, 6) is 0.156. The van der Waals surface area contributed by atoms with Gasteiger partial charge in [0.2, 0.25) is 5.91 Å². The molecular formula is C9H16ClNO3. The van der Waals surface area contributed by atoms with Crippen LogP contribution < -0.4 is 5.32 Å². The van der Waals surface area contributed by atoms with E-state index in [9.17, 15) is 4.79 Å². The summed E-state index contributed by atoms with van der Waals surface area (Å²) in [5.41, 5.74) is 0. The molecule has 1 aliphatic heterocycles. The zero-order chi connectivity index (χ0) is 10.4. The highest BCUT2D eigenvalue weighted by atomic mass is 35.5. The second kappa shape index (κ2) is 6.22. The van der Waals surface area contributed by atoms with Crippen molar-refractivity contribution in [3.05, 3.63) is 0 Å². The third-order valence-corrected chi connectivity index (χ3v) is 2.53. The zero-order valence-corrected chi connectivity index (χ0v) is 9.05. The van der Waals surface area contributed by atoms with E-state index in [-0.39, 0.29) is 17.9 Å². The highest BCUT2D eigenvalue weighted by molar-refractivity contribution is 6.19. The van der Waals surface area contributed by atoms with Gasteiger partial charge in [0.15, 0.2) is 0 Å². The molecule has 2 unspecified atom stereocenters.